The lowest BCUT2D eigenvalue weighted by Gasteiger charge is -2.26. The number of fused-ring (bicyclic) bond motifs is 1. The van der Waals surface area contributed by atoms with Gasteiger partial charge in [0.1, 0.15) is 6.54 Å². The molecule has 0 bridgehead atoms. The lowest BCUT2D eigenvalue weighted by Crippen LogP contribution is -2.38. The van der Waals surface area contributed by atoms with Gasteiger partial charge < -0.3 is 19.5 Å². The van der Waals surface area contributed by atoms with Crippen LogP contribution in [0.25, 0.3) is 10.9 Å². The summed E-state index contributed by atoms with van der Waals surface area (Å²) in [7, 11) is 0. The Morgan fingerprint density at radius 2 is 1.67 bits per heavy atom. The molecular weight excluding hydrogens is 420 g/mol. The third-order valence-electron chi connectivity index (χ3n) is 6.54. The highest BCUT2D eigenvalue weighted by Gasteiger charge is 2.23. The zero-order valence-electron chi connectivity index (χ0n) is 19.3. The van der Waals surface area contributed by atoms with Gasteiger partial charge in [-0.05, 0) is 31.9 Å². The number of ketones is 1. The van der Waals surface area contributed by atoms with Crippen LogP contribution < -0.4 is 5.32 Å². The van der Waals surface area contributed by atoms with Crippen molar-refractivity contribution in [3.63, 3.8) is 0 Å². The summed E-state index contributed by atoms with van der Waals surface area (Å²) in [6.45, 7) is 6.38. The van der Waals surface area contributed by atoms with Gasteiger partial charge in [0.2, 0.25) is 5.91 Å². The van der Waals surface area contributed by atoms with Gasteiger partial charge in [-0.2, -0.15) is 0 Å². The van der Waals surface area contributed by atoms with Crippen molar-refractivity contribution < 1.29 is 19.1 Å². The zero-order valence-corrected chi connectivity index (χ0v) is 19.3. The predicted molar refractivity (Wildman–Crippen MR) is 126 cm³/mol. The average Bonchev–Trinajstić information content (AvgIpc) is 3.00. The number of aromatic nitrogens is 1. The van der Waals surface area contributed by atoms with Crippen LogP contribution in [0.4, 0.5) is 0 Å². The molecule has 0 atom stereocenters. The molecule has 33 heavy (non-hydrogen) atoms. The van der Waals surface area contributed by atoms with Crippen molar-refractivity contribution in [3.8, 4) is 0 Å². The van der Waals surface area contributed by atoms with Crippen LogP contribution in [-0.4, -0.2) is 84.4 Å². The predicted octanol–water partition coefficient (Wildman–Crippen LogP) is 2.07. The molecule has 2 aliphatic rings. The molecule has 8 heteroatoms. The quantitative estimate of drug-likeness (QED) is 0.375. The third kappa shape index (κ3) is 6.00. The Labute approximate surface area is 194 Å². The standard InChI is InChI=1S/C25H34N4O4/c30-23(28-12-5-1-2-6-13-28)19-29-18-21(20-8-3-4-9-22(20)29)24(31)25(32)26-10-7-11-27-14-16-33-17-15-27/h3-4,8-9,18H,1-2,5-7,10-17,19H2,(H,26,32). The Balaban J connectivity index is 1.38. The highest BCUT2D eigenvalue weighted by atomic mass is 16.5. The van der Waals surface area contributed by atoms with Crippen LogP contribution in [-0.2, 0) is 20.9 Å². The highest BCUT2D eigenvalue weighted by molar-refractivity contribution is 6.45. The number of Topliss-reactive ketones (excluding diaryl/α,β-unsaturated/α-hetero) is 1. The average molecular weight is 455 g/mol. The molecule has 1 N–H and O–H groups in total. The fourth-order valence-electron chi connectivity index (χ4n) is 4.66. The second-order valence-electron chi connectivity index (χ2n) is 8.88. The maximum atomic E-state index is 13.0. The summed E-state index contributed by atoms with van der Waals surface area (Å²) >= 11 is 0. The Bertz CT molecular complexity index is 972. The molecule has 2 aliphatic heterocycles. The number of likely N-dealkylation sites (tertiary alicyclic amines) is 1. The van der Waals surface area contributed by atoms with Gasteiger partial charge in [-0.25, -0.2) is 0 Å². The second kappa shape index (κ2) is 11.4. The molecule has 0 unspecified atom stereocenters. The topological polar surface area (TPSA) is 83.9 Å². The molecule has 178 valence electrons. The molecule has 2 amide bonds. The molecule has 1 aromatic carbocycles. The van der Waals surface area contributed by atoms with Crippen molar-refractivity contribution in [2.45, 2.75) is 38.6 Å². The largest absolute Gasteiger partial charge is 0.379 e. The van der Waals surface area contributed by atoms with E-state index in [0.717, 1.165) is 83.6 Å². The van der Waals surface area contributed by atoms with Crippen molar-refractivity contribution in [1.82, 2.24) is 19.7 Å². The molecule has 0 saturated carbocycles. The Hall–Kier alpha value is -2.71. The van der Waals surface area contributed by atoms with E-state index in [1.165, 1.54) is 0 Å². The number of morpholine rings is 1. The van der Waals surface area contributed by atoms with Gasteiger partial charge in [0.25, 0.3) is 11.7 Å². The van der Waals surface area contributed by atoms with Gasteiger partial charge >= 0.3 is 0 Å². The Morgan fingerprint density at radius 1 is 0.939 bits per heavy atom. The van der Waals surface area contributed by atoms with Crippen molar-refractivity contribution in [2.75, 3.05) is 52.5 Å². The van der Waals surface area contributed by atoms with Crippen LogP contribution in [0.15, 0.2) is 30.5 Å². The van der Waals surface area contributed by atoms with Gasteiger partial charge in [0.05, 0.1) is 18.8 Å². The molecule has 2 aromatic rings. The van der Waals surface area contributed by atoms with Crippen LogP contribution in [0.1, 0.15) is 42.5 Å². The number of carbonyl (C=O) groups excluding carboxylic acids is 3. The van der Waals surface area contributed by atoms with Crippen molar-refractivity contribution in [2.24, 2.45) is 0 Å². The number of carbonyl (C=O) groups is 3. The van der Waals surface area contributed by atoms with Crippen LogP contribution in [0.5, 0.6) is 0 Å². The maximum Gasteiger partial charge on any atom is 0.292 e. The Morgan fingerprint density at radius 3 is 2.42 bits per heavy atom. The fourth-order valence-corrected chi connectivity index (χ4v) is 4.66. The minimum atomic E-state index is -0.598. The SMILES string of the molecule is O=C(NCCCN1CCOCC1)C(=O)c1cn(CC(=O)N2CCCCCC2)c2ccccc12. The third-order valence-corrected chi connectivity index (χ3v) is 6.54. The van der Waals surface area contributed by atoms with Crippen molar-refractivity contribution in [1.29, 1.82) is 0 Å². The molecule has 4 rings (SSSR count). The van der Waals surface area contributed by atoms with Crippen LogP contribution in [0.3, 0.4) is 0 Å². The lowest BCUT2D eigenvalue weighted by molar-refractivity contribution is -0.131. The summed E-state index contributed by atoms with van der Waals surface area (Å²) < 4.78 is 7.15. The minimum absolute atomic E-state index is 0.0595. The van der Waals surface area contributed by atoms with Crippen molar-refractivity contribution >= 4 is 28.5 Å². The van der Waals surface area contributed by atoms with Crippen LogP contribution in [0.2, 0.25) is 0 Å². The first kappa shape index (κ1) is 23.4. The first-order chi connectivity index (χ1) is 16.1. The second-order valence-corrected chi connectivity index (χ2v) is 8.88. The molecule has 8 nitrogen and oxygen atoms in total. The summed E-state index contributed by atoms with van der Waals surface area (Å²) in [6, 6.07) is 7.46. The summed E-state index contributed by atoms with van der Waals surface area (Å²) in [5.74, 6) is -1.10. The first-order valence-corrected chi connectivity index (χ1v) is 12.1. The highest BCUT2D eigenvalue weighted by Crippen LogP contribution is 2.22. The monoisotopic (exact) mass is 454 g/mol. The van der Waals surface area contributed by atoms with E-state index in [1.54, 1.807) is 6.20 Å². The molecule has 3 heterocycles. The van der Waals surface area contributed by atoms with E-state index in [2.05, 4.69) is 10.2 Å². The molecule has 1 aromatic heterocycles. The number of nitrogens with zero attached hydrogens (tertiary/aromatic N) is 3. The van der Waals surface area contributed by atoms with E-state index in [-0.39, 0.29) is 12.5 Å². The van der Waals surface area contributed by atoms with Crippen molar-refractivity contribution in [3.05, 3.63) is 36.0 Å². The molecule has 2 fully saturated rings. The summed E-state index contributed by atoms with van der Waals surface area (Å²) in [6.07, 6.45) is 6.84. The van der Waals surface area contributed by atoms with E-state index in [1.807, 2.05) is 33.7 Å². The summed E-state index contributed by atoms with van der Waals surface area (Å²) in [5.41, 5.74) is 1.14. The molecule has 0 spiro atoms. The number of benzene rings is 1. The van der Waals surface area contributed by atoms with E-state index in [4.69, 9.17) is 4.74 Å². The smallest absolute Gasteiger partial charge is 0.292 e. The van der Waals surface area contributed by atoms with Gasteiger partial charge in [-0.3, -0.25) is 19.3 Å². The van der Waals surface area contributed by atoms with Gasteiger partial charge in [0.15, 0.2) is 0 Å². The van der Waals surface area contributed by atoms with Gasteiger partial charge in [-0.1, -0.05) is 31.0 Å². The lowest BCUT2D eigenvalue weighted by atomic mass is 10.1. The van der Waals surface area contributed by atoms with Crippen LogP contribution >= 0.6 is 0 Å². The normalized spacial score (nSPS) is 17.6. The Kier molecular flexibility index (Phi) is 8.12. The summed E-state index contributed by atoms with van der Waals surface area (Å²) in [4.78, 5) is 42.7. The number of nitrogens with one attached hydrogen (secondary N) is 1. The number of hydrogen-bond donors (Lipinski definition) is 1. The first-order valence-electron chi connectivity index (χ1n) is 12.1. The molecule has 2 saturated heterocycles. The van der Waals surface area contributed by atoms with Crippen LogP contribution in [0, 0.1) is 0 Å². The van der Waals surface area contributed by atoms with Gasteiger partial charge in [0, 0.05) is 49.8 Å². The molecular formula is C25H34N4O4. The maximum absolute atomic E-state index is 13.0. The number of ether oxygens (including phenoxy) is 1. The fraction of sp³-hybridized carbons (Fsp3) is 0.560. The molecule has 0 aliphatic carbocycles. The number of amides is 2. The number of rotatable bonds is 8. The minimum Gasteiger partial charge on any atom is -0.379 e. The van der Waals surface area contributed by atoms with E-state index < -0.39 is 11.7 Å². The van der Waals surface area contributed by atoms with E-state index in [9.17, 15) is 14.4 Å². The number of hydrogen-bond acceptors (Lipinski definition) is 5. The van der Waals surface area contributed by atoms with E-state index >= 15 is 0 Å². The van der Waals surface area contributed by atoms with Gasteiger partial charge in [-0.15, -0.1) is 0 Å². The molecule has 0 radical (unpaired) electrons. The summed E-state index contributed by atoms with van der Waals surface area (Å²) in [5, 5.41) is 3.47. The van der Waals surface area contributed by atoms with E-state index in [0.29, 0.717) is 17.5 Å². The number of para-hydroxylation sites is 1. The zero-order chi connectivity index (χ0) is 23.0.